The van der Waals surface area contributed by atoms with Crippen molar-refractivity contribution in [3.05, 3.63) is 77.9 Å². The number of fused-ring (bicyclic) bond motifs is 1. The zero-order valence-corrected chi connectivity index (χ0v) is 15.6. The van der Waals surface area contributed by atoms with Gasteiger partial charge >= 0.3 is 5.97 Å². The number of esters is 1. The van der Waals surface area contributed by atoms with Gasteiger partial charge in [-0.1, -0.05) is 59.9 Å². The first-order valence-corrected chi connectivity index (χ1v) is 10.0. The lowest BCUT2D eigenvalue weighted by molar-refractivity contribution is 0.0556. The predicted octanol–water partition coefficient (Wildman–Crippen LogP) is 3.78. The second-order valence-electron chi connectivity index (χ2n) is 6.06. The van der Waals surface area contributed by atoms with Crippen molar-refractivity contribution in [3.63, 3.8) is 0 Å². The van der Waals surface area contributed by atoms with E-state index in [2.05, 4.69) is 11.8 Å². The van der Waals surface area contributed by atoms with Crippen molar-refractivity contribution >= 4 is 26.6 Å². The summed E-state index contributed by atoms with van der Waals surface area (Å²) in [5.74, 6) is 4.35. The van der Waals surface area contributed by atoms with E-state index in [1.165, 1.54) is 0 Å². The quantitative estimate of drug-likeness (QED) is 0.512. The third-order valence-corrected chi connectivity index (χ3v) is 5.53. The summed E-state index contributed by atoms with van der Waals surface area (Å²) in [7, 11) is -3.52. The van der Waals surface area contributed by atoms with E-state index in [1.807, 2.05) is 43.3 Å². The Morgan fingerprint density at radius 2 is 1.63 bits per heavy atom. The maximum atomic E-state index is 12.4. The highest BCUT2D eigenvalue weighted by Crippen LogP contribution is 2.19. The highest BCUT2D eigenvalue weighted by atomic mass is 32.2. The van der Waals surface area contributed by atoms with Crippen molar-refractivity contribution < 1.29 is 17.9 Å². The smallest absolute Gasteiger partial charge is 0.339 e. The SMILES string of the molecule is Cc1ccc(C(=O)OCC#CCS(=O)(=O)c2ccc3ccccc3c2)cc1. The number of hydrogen-bond acceptors (Lipinski definition) is 4. The third-order valence-electron chi connectivity index (χ3n) is 4.03. The van der Waals surface area contributed by atoms with Crippen molar-refractivity contribution in [1.29, 1.82) is 0 Å². The molecule has 3 aromatic rings. The largest absolute Gasteiger partial charge is 0.449 e. The van der Waals surface area contributed by atoms with Crippen LogP contribution in [-0.2, 0) is 14.6 Å². The Labute approximate surface area is 158 Å². The van der Waals surface area contributed by atoms with Gasteiger partial charge in [0.05, 0.1) is 10.5 Å². The Bertz CT molecular complexity index is 1130. The van der Waals surface area contributed by atoms with Gasteiger partial charge in [-0.3, -0.25) is 0 Å². The Hall–Kier alpha value is -3.10. The van der Waals surface area contributed by atoms with E-state index >= 15 is 0 Å². The summed E-state index contributed by atoms with van der Waals surface area (Å²) in [5.41, 5.74) is 1.48. The van der Waals surface area contributed by atoms with Crippen LogP contribution in [0.3, 0.4) is 0 Å². The first-order chi connectivity index (χ1) is 13.0. The molecule has 3 aromatic carbocycles. The van der Waals surface area contributed by atoms with E-state index < -0.39 is 15.8 Å². The predicted molar refractivity (Wildman–Crippen MR) is 105 cm³/mol. The molecule has 0 heterocycles. The first kappa shape index (κ1) is 18.7. The van der Waals surface area contributed by atoms with Gasteiger partial charge in [0.2, 0.25) is 0 Å². The fraction of sp³-hybridized carbons (Fsp3) is 0.136. The summed E-state index contributed by atoms with van der Waals surface area (Å²) in [4.78, 5) is 12.1. The first-order valence-electron chi connectivity index (χ1n) is 8.37. The maximum Gasteiger partial charge on any atom is 0.339 e. The van der Waals surface area contributed by atoms with E-state index in [0.717, 1.165) is 16.3 Å². The highest BCUT2D eigenvalue weighted by molar-refractivity contribution is 7.91. The van der Waals surface area contributed by atoms with Crippen molar-refractivity contribution in [2.24, 2.45) is 0 Å². The van der Waals surface area contributed by atoms with Gasteiger partial charge in [0.1, 0.15) is 5.75 Å². The molecule has 0 amide bonds. The Kier molecular flexibility index (Phi) is 5.58. The molecule has 0 aliphatic carbocycles. The molecule has 0 N–H and O–H groups in total. The number of hydrogen-bond donors (Lipinski definition) is 0. The van der Waals surface area contributed by atoms with Crippen molar-refractivity contribution in [2.45, 2.75) is 11.8 Å². The normalized spacial score (nSPS) is 10.9. The number of carbonyl (C=O) groups excluding carboxylic acids is 1. The van der Waals surface area contributed by atoms with Crippen LogP contribution in [0, 0.1) is 18.8 Å². The molecule has 0 saturated heterocycles. The van der Waals surface area contributed by atoms with Crippen LogP contribution in [0.2, 0.25) is 0 Å². The van der Waals surface area contributed by atoms with Gasteiger partial charge in [0.15, 0.2) is 16.4 Å². The summed E-state index contributed by atoms with van der Waals surface area (Å²) in [5, 5.41) is 1.84. The van der Waals surface area contributed by atoms with Crippen LogP contribution < -0.4 is 0 Å². The molecule has 0 fully saturated rings. The van der Waals surface area contributed by atoms with Crippen molar-refractivity contribution in [2.75, 3.05) is 12.4 Å². The van der Waals surface area contributed by atoms with E-state index in [4.69, 9.17) is 4.74 Å². The third kappa shape index (κ3) is 4.75. The highest BCUT2D eigenvalue weighted by Gasteiger charge is 2.13. The molecule has 0 spiro atoms. The Balaban J connectivity index is 1.60. The molecular weight excluding hydrogens is 360 g/mol. The molecule has 0 aromatic heterocycles. The topological polar surface area (TPSA) is 60.4 Å². The van der Waals surface area contributed by atoms with Crippen LogP contribution in [0.1, 0.15) is 15.9 Å². The maximum absolute atomic E-state index is 12.4. The Morgan fingerprint density at radius 3 is 2.37 bits per heavy atom. The summed E-state index contributed by atoms with van der Waals surface area (Å²) < 4.78 is 29.9. The molecule has 0 bridgehead atoms. The van der Waals surface area contributed by atoms with E-state index in [0.29, 0.717) is 5.56 Å². The summed E-state index contributed by atoms with van der Waals surface area (Å²) in [6, 6.07) is 19.5. The van der Waals surface area contributed by atoms with Gasteiger partial charge in [-0.05, 0) is 42.0 Å². The summed E-state index contributed by atoms with van der Waals surface area (Å²) in [6.45, 7) is 1.77. The van der Waals surface area contributed by atoms with Crippen LogP contribution >= 0.6 is 0 Å². The standard InChI is InChI=1S/C22H18O4S/c1-17-8-10-19(11-9-17)22(23)26-14-4-5-15-27(24,25)21-13-12-18-6-2-3-7-20(18)16-21/h2-3,6-13,16H,14-15H2,1H3. The van der Waals surface area contributed by atoms with Crippen LogP contribution in [0.5, 0.6) is 0 Å². The number of sulfone groups is 1. The van der Waals surface area contributed by atoms with Gasteiger partial charge in [0.25, 0.3) is 0 Å². The minimum absolute atomic E-state index is 0.153. The fourth-order valence-corrected chi connectivity index (χ4v) is 3.56. The molecule has 0 radical (unpaired) electrons. The van der Waals surface area contributed by atoms with Gasteiger partial charge in [-0.2, -0.15) is 0 Å². The molecule has 4 nitrogen and oxygen atoms in total. The number of rotatable bonds is 4. The van der Waals surface area contributed by atoms with Gasteiger partial charge in [0, 0.05) is 0 Å². The average molecular weight is 378 g/mol. The van der Waals surface area contributed by atoms with Crippen LogP contribution in [0.25, 0.3) is 10.8 Å². The molecule has 27 heavy (non-hydrogen) atoms. The minimum Gasteiger partial charge on any atom is -0.449 e. The molecule has 0 saturated carbocycles. The number of ether oxygens (including phenoxy) is 1. The van der Waals surface area contributed by atoms with Crippen LogP contribution in [0.4, 0.5) is 0 Å². The van der Waals surface area contributed by atoms with E-state index in [9.17, 15) is 13.2 Å². The fourth-order valence-electron chi connectivity index (χ4n) is 2.52. The van der Waals surface area contributed by atoms with Crippen LogP contribution in [-0.4, -0.2) is 26.7 Å². The Morgan fingerprint density at radius 1 is 0.926 bits per heavy atom. The minimum atomic E-state index is -3.52. The van der Waals surface area contributed by atoms with E-state index in [-0.39, 0.29) is 17.3 Å². The number of carbonyl (C=O) groups is 1. The lowest BCUT2D eigenvalue weighted by atomic mass is 10.1. The van der Waals surface area contributed by atoms with Gasteiger partial charge in [-0.25, -0.2) is 13.2 Å². The molecule has 5 heteroatoms. The molecule has 0 aliphatic heterocycles. The van der Waals surface area contributed by atoms with Crippen molar-refractivity contribution in [1.82, 2.24) is 0 Å². The second-order valence-corrected chi connectivity index (χ2v) is 8.05. The average Bonchev–Trinajstić information content (AvgIpc) is 2.67. The van der Waals surface area contributed by atoms with E-state index in [1.54, 1.807) is 30.3 Å². The molecule has 0 atom stereocenters. The zero-order valence-electron chi connectivity index (χ0n) is 14.8. The van der Waals surface area contributed by atoms with Crippen molar-refractivity contribution in [3.8, 4) is 11.8 Å². The summed E-state index contributed by atoms with van der Waals surface area (Å²) >= 11 is 0. The van der Waals surface area contributed by atoms with Gasteiger partial charge < -0.3 is 4.74 Å². The zero-order chi connectivity index (χ0) is 19.3. The second kappa shape index (κ2) is 8.07. The lowest BCUT2D eigenvalue weighted by Gasteiger charge is -2.03. The molecular formula is C22H18O4S. The lowest BCUT2D eigenvalue weighted by Crippen LogP contribution is -2.07. The van der Waals surface area contributed by atoms with Crippen LogP contribution in [0.15, 0.2) is 71.6 Å². The molecule has 0 aliphatic rings. The molecule has 3 rings (SSSR count). The summed E-state index contributed by atoms with van der Waals surface area (Å²) in [6.07, 6.45) is 0. The van der Waals surface area contributed by atoms with Gasteiger partial charge in [-0.15, -0.1) is 0 Å². The molecule has 0 unspecified atom stereocenters. The monoisotopic (exact) mass is 378 g/mol. The number of benzene rings is 3. The molecule has 136 valence electrons. The number of aryl methyl sites for hydroxylation is 1.